The number of aromatic nitrogens is 2. The molecule has 3 atom stereocenters. The molecular formula is C31H40F3N7O2. The average Bonchev–Trinajstić information content (AvgIpc) is 3.40. The van der Waals surface area contributed by atoms with Crippen LogP contribution in [0.15, 0.2) is 30.4 Å². The molecule has 1 aromatic heterocycles. The minimum absolute atomic E-state index is 0.0518. The Kier molecular flexibility index (Phi) is 9.15. The highest BCUT2D eigenvalue weighted by molar-refractivity contribution is 5.60. The predicted octanol–water partition coefficient (Wildman–Crippen LogP) is 3.97. The fourth-order valence-electron chi connectivity index (χ4n) is 6.38. The van der Waals surface area contributed by atoms with E-state index in [0.717, 1.165) is 42.9 Å². The van der Waals surface area contributed by atoms with E-state index in [2.05, 4.69) is 61.5 Å². The van der Waals surface area contributed by atoms with Gasteiger partial charge < -0.3 is 24.5 Å². The molecular weight excluding hydrogens is 559 g/mol. The molecule has 1 N–H and O–H groups in total. The minimum Gasteiger partial charge on any atom is -0.462 e. The molecule has 3 aliphatic rings. The van der Waals surface area contributed by atoms with Gasteiger partial charge in [-0.2, -0.15) is 28.4 Å². The van der Waals surface area contributed by atoms with Crippen LogP contribution in [0.2, 0.25) is 0 Å². The first-order valence-corrected chi connectivity index (χ1v) is 14.8. The summed E-state index contributed by atoms with van der Waals surface area (Å²) in [5.74, 6) is 0.687. The molecule has 5 rings (SSSR count). The Labute approximate surface area is 251 Å². The van der Waals surface area contributed by atoms with E-state index in [-0.39, 0.29) is 31.6 Å². The van der Waals surface area contributed by atoms with Gasteiger partial charge in [0.1, 0.15) is 18.7 Å². The van der Waals surface area contributed by atoms with Gasteiger partial charge in [-0.05, 0) is 63.9 Å². The predicted molar refractivity (Wildman–Crippen MR) is 158 cm³/mol. The highest BCUT2D eigenvalue weighted by Gasteiger charge is 2.42. The molecule has 0 bridgehead atoms. The quantitative estimate of drug-likeness (QED) is 0.453. The molecule has 43 heavy (non-hydrogen) atoms. The van der Waals surface area contributed by atoms with E-state index in [1.807, 2.05) is 4.90 Å². The number of hydrogen-bond acceptors (Lipinski definition) is 9. The van der Waals surface area contributed by atoms with Crippen molar-refractivity contribution in [2.24, 2.45) is 0 Å². The van der Waals surface area contributed by atoms with Crippen molar-refractivity contribution < 1.29 is 23.0 Å². The molecule has 0 spiro atoms. The number of rotatable bonds is 8. The Bertz CT molecular complexity index is 1380. The van der Waals surface area contributed by atoms with E-state index < -0.39 is 24.0 Å². The van der Waals surface area contributed by atoms with Crippen LogP contribution in [0.1, 0.15) is 41.6 Å². The maximum atomic E-state index is 13.4. The van der Waals surface area contributed by atoms with E-state index >= 15 is 0 Å². The van der Waals surface area contributed by atoms with Crippen molar-refractivity contribution in [1.82, 2.24) is 19.8 Å². The monoisotopic (exact) mass is 599 g/mol. The molecule has 2 saturated heterocycles. The zero-order chi connectivity index (χ0) is 30.9. The lowest BCUT2D eigenvalue weighted by Gasteiger charge is -2.44. The Hall–Kier alpha value is -3.40. The maximum absolute atomic E-state index is 13.4. The summed E-state index contributed by atoms with van der Waals surface area (Å²) in [7, 11) is 2.08. The minimum atomic E-state index is -4.74. The van der Waals surface area contributed by atoms with Crippen LogP contribution in [-0.4, -0.2) is 95.7 Å². The van der Waals surface area contributed by atoms with Gasteiger partial charge in [0.25, 0.3) is 0 Å². The fourth-order valence-corrected chi connectivity index (χ4v) is 6.38. The molecule has 0 amide bonds. The number of hydrogen-bond donors (Lipinski definition) is 1. The topological polar surface area (TPSA) is 92.0 Å². The van der Waals surface area contributed by atoms with Crippen LogP contribution in [-0.2, 0) is 13.0 Å². The van der Waals surface area contributed by atoms with Gasteiger partial charge in [0.2, 0.25) is 0 Å². The average molecular weight is 600 g/mol. The van der Waals surface area contributed by atoms with Crippen LogP contribution in [0.25, 0.3) is 0 Å². The van der Waals surface area contributed by atoms with Crippen LogP contribution in [0.3, 0.4) is 0 Å². The molecule has 2 fully saturated rings. The third-order valence-corrected chi connectivity index (χ3v) is 9.16. The number of benzene rings is 1. The molecule has 1 aromatic carbocycles. The third kappa shape index (κ3) is 6.59. The van der Waals surface area contributed by atoms with Crippen molar-refractivity contribution >= 4 is 11.5 Å². The molecule has 12 heteroatoms. The largest absolute Gasteiger partial charge is 0.462 e. The van der Waals surface area contributed by atoms with Gasteiger partial charge in [-0.25, -0.2) is 0 Å². The van der Waals surface area contributed by atoms with Gasteiger partial charge in [0.15, 0.2) is 0 Å². The van der Waals surface area contributed by atoms with Gasteiger partial charge in [-0.3, -0.25) is 4.90 Å². The Morgan fingerprint density at radius 3 is 2.65 bits per heavy atom. The number of fused-ring (bicyclic) bond motifs is 1. The van der Waals surface area contributed by atoms with E-state index in [4.69, 9.17) is 14.7 Å². The number of piperazine rings is 1. The number of aliphatic hydroxyl groups excluding tert-OH is 1. The van der Waals surface area contributed by atoms with Crippen molar-refractivity contribution in [2.45, 2.75) is 70.6 Å². The number of halogens is 3. The first-order valence-electron chi connectivity index (χ1n) is 14.8. The molecule has 3 aliphatic heterocycles. The van der Waals surface area contributed by atoms with E-state index in [1.165, 1.54) is 16.0 Å². The summed E-state index contributed by atoms with van der Waals surface area (Å²) in [4.78, 5) is 17.6. The van der Waals surface area contributed by atoms with Gasteiger partial charge in [-0.1, -0.05) is 18.7 Å². The summed E-state index contributed by atoms with van der Waals surface area (Å²) in [6.45, 7) is 10.8. The molecule has 0 radical (unpaired) electrons. The summed E-state index contributed by atoms with van der Waals surface area (Å²) in [5.41, 5.74) is 4.20. The number of nitriles is 1. The zero-order valence-electron chi connectivity index (χ0n) is 25.1. The highest BCUT2D eigenvalue weighted by atomic mass is 19.4. The lowest BCUT2D eigenvalue weighted by molar-refractivity contribution is -0.125. The second-order valence-corrected chi connectivity index (χ2v) is 11.8. The van der Waals surface area contributed by atoms with Gasteiger partial charge in [-0.15, -0.1) is 0 Å². The van der Waals surface area contributed by atoms with Crippen LogP contribution < -0.4 is 14.5 Å². The van der Waals surface area contributed by atoms with Crippen LogP contribution in [0.5, 0.6) is 6.01 Å². The number of nitrogens with zero attached hydrogens (tertiary/aromatic N) is 7. The van der Waals surface area contributed by atoms with Gasteiger partial charge in [0.05, 0.1) is 30.3 Å². The summed E-state index contributed by atoms with van der Waals surface area (Å²) in [5, 5.41) is 20.1. The molecule has 232 valence electrons. The smallest absolute Gasteiger partial charge is 0.415 e. The Morgan fingerprint density at radius 2 is 1.95 bits per heavy atom. The first-order chi connectivity index (χ1) is 20.5. The van der Waals surface area contributed by atoms with Crippen molar-refractivity contribution in [3.8, 4) is 12.1 Å². The van der Waals surface area contributed by atoms with E-state index in [1.54, 1.807) is 0 Å². The van der Waals surface area contributed by atoms with Crippen molar-refractivity contribution in [3.05, 3.63) is 52.7 Å². The van der Waals surface area contributed by atoms with E-state index in [0.29, 0.717) is 31.9 Å². The summed E-state index contributed by atoms with van der Waals surface area (Å²) in [6, 6.07) is 8.26. The number of aryl methyl sites for hydroxylation is 1. The SMILES string of the molecule is C=C(C(O)N1CCN(c2nc(OC[C@@H]3CCCN3C)nc3c2CCN(c2cccc(C)c2C)C3)C[C@@H]1CC#N)C(F)(F)F. The molecule has 0 saturated carbocycles. The second kappa shape index (κ2) is 12.7. The number of alkyl halides is 3. The summed E-state index contributed by atoms with van der Waals surface area (Å²) in [6.07, 6.45) is -3.88. The normalized spacial score (nSPS) is 22.3. The summed E-state index contributed by atoms with van der Waals surface area (Å²) < 4.78 is 46.3. The second-order valence-electron chi connectivity index (χ2n) is 11.8. The molecule has 1 unspecified atom stereocenters. The zero-order valence-corrected chi connectivity index (χ0v) is 25.1. The van der Waals surface area contributed by atoms with Crippen LogP contribution >= 0.6 is 0 Å². The number of aliphatic hydroxyl groups is 1. The first kappa shape index (κ1) is 31.0. The molecule has 2 aromatic rings. The van der Waals surface area contributed by atoms with Crippen LogP contribution in [0.4, 0.5) is 24.7 Å². The third-order valence-electron chi connectivity index (χ3n) is 9.16. The number of likely N-dealkylation sites (N-methyl/N-ethyl adjacent to an activating group) is 1. The van der Waals surface area contributed by atoms with Gasteiger partial charge >= 0.3 is 12.2 Å². The maximum Gasteiger partial charge on any atom is 0.415 e. The van der Waals surface area contributed by atoms with Crippen LogP contribution in [0, 0.1) is 25.2 Å². The molecule has 4 heterocycles. The summed E-state index contributed by atoms with van der Waals surface area (Å²) >= 11 is 0. The van der Waals surface area contributed by atoms with Crippen molar-refractivity contribution in [2.75, 3.05) is 56.2 Å². The number of likely N-dealkylation sites (tertiary alicyclic amines) is 1. The van der Waals surface area contributed by atoms with Crippen molar-refractivity contribution in [1.29, 1.82) is 5.26 Å². The Morgan fingerprint density at radius 1 is 1.16 bits per heavy atom. The van der Waals surface area contributed by atoms with Gasteiger partial charge in [0, 0.05) is 49.5 Å². The number of ether oxygens (including phenoxy) is 1. The highest BCUT2D eigenvalue weighted by Crippen LogP contribution is 2.35. The lowest BCUT2D eigenvalue weighted by Crippen LogP contribution is -2.58. The number of anilines is 2. The Balaban J connectivity index is 1.44. The standard InChI is InChI=1S/C31H40F3N7O2/c1-20-7-5-9-27(21(20)2)39-14-11-25-26(18-39)36-30(43-19-24-8-6-13-38(24)4)37-28(25)40-15-16-41(23(17-40)10-12-35)29(42)22(3)31(32,33)34/h5,7,9,23-24,29,42H,3,6,8,10-11,13-19H2,1-2,4H3/t23-,24-,29?/m0/s1. The van der Waals surface area contributed by atoms with E-state index in [9.17, 15) is 23.5 Å². The fraction of sp³-hybridized carbons (Fsp3) is 0.581. The molecule has 0 aliphatic carbocycles. The lowest BCUT2D eigenvalue weighted by atomic mass is 10.0. The van der Waals surface area contributed by atoms with Crippen molar-refractivity contribution in [3.63, 3.8) is 0 Å². The molecule has 9 nitrogen and oxygen atoms in total.